The van der Waals surface area contributed by atoms with Gasteiger partial charge in [-0.2, -0.15) is 0 Å². The first kappa shape index (κ1) is 8.72. The van der Waals surface area contributed by atoms with Crippen molar-refractivity contribution < 1.29 is 4.52 Å². The minimum absolute atomic E-state index is 0.890. The molecule has 71 valence electrons. The monoisotopic (exact) mass is 180 g/mol. The molecular weight excluding hydrogens is 166 g/mol. The van der Waals surface area contributed by atoms with Gasteiger partial charge in [-0.1, -0.05) is 5.16 Å². The van der Waals surface area contributed by atoms with Crippen LogP contribution in [0, 0.1) is 6.26 Å². The van der Waals surface area contributed by atoms with Crippen LogP contribution >= 0.6 is 0 Å². The van der Waals surface area contributed by atoms with Crippen LogP contribution in [0.1, 0.15) is 5.69 Å². The van der Waals surface area contributed by atoms with Gasteiger partial charge in [0.25, 0.3) is 0 Å². The van der Waals surface area contributed by atoms with Crippen molar-refractivity contribution in [1.82, 2.24) is 15.0 Å². The van der Waals surface area contributed by atoms with E-state index in [-0.39, 0.29) is 0 Å². The van der Waals surface area contributed by atoms with Gasteiger partial charge >= 0.3 is 0 Å². The Morgan fingerprint density at radius 3 is 2.85 bits per heavy atom. The van der Waals surface area contributed by atoms with Gasteiger partial charge in [0.15, 0.2) is 0 Å². The van der Waals surface area contributed by atoms with Gasteiger partial charge in [-0.3, -0.25) is 4.90 Å². The maximum absolute atomic E-state index is 4.67. The van der Waals surface area contributed by atoms with Gasteiger partial charge in [0.05, 0.1) is 5.69 Å². The van der Waals surface area contributed by atoms with Gasteiger partial charge in [-0.05, 0) is 7.05 Å². The van der Waals surface area contributed by atoms with Crippen LogP contribution in [0.25, 0.3) is 0 Å². The maximum Gasteiger partial charge on any atom is 0.205 e. The Morgan fingerprint density at radius 1 is 1.46 bits per heavy atom. The van der Waals surface area contributed by atoms with E-state index in [1.807, 2.05) is 0 Å². The summed E-state index contributed by atoms with van der Waals surface area (Å²) >= 11 is 0. The first-order chi connectivity index (χ1) is 6.34. The Bertz CT molecular complexity index is 239. The molecule has 0 N–H and O–H groups in total. The highest BCUT2D eigenvalue weighted by Crippen LogP contribution is 2.04. The molecule has 0 aromatic carbocycles. The number of piperazine rings is 1. The van der Waals surface area contributed by atoms with Crippen LogP contribution in [0.2, 0.25) is 0 Å². The summed E-state index contributed by atoms with van der Waals surface area (Å²) in [5.41, 5.74) is 0.976. The summed E-state index contributed by atoms with van der Waals surface area (Å²) in [5, 5.41) is 3.84. The molecular formula is C9H14N3O. The van der Waals surface area contributed by atoms with E-state index in [0.717, 1.165) is 38.4 Å². The molecule has 0 saturated carbocycles. The molecule has 0 bridgehead atoms. The van der Waals surface area contributed by atoms with Crippen LogP contribution in [0.15, 0.2) is 10.6 Å². The zero-order chi connectivity index (χ0) is 9.10. The summed E-state index contributed by atoms with van der Waals surface area (Å²) in [6.07, 6.45) is 2.60. The largest absolute Gasteiger partial charge is 0.353 e. The van der Waals surface area contributed by atoms with Crippen LogP contribution in [0.4, 0.5) is 0 Å². The molecule has 1 aromatic heterocycles. The molecule has 4 nitrogen and oxygen atoms in total. The summed E-state index contributed by atoms with van der Waals surface area (Å²) in [4.78, 5) is 4.72. The average molecular weight is 180 g/mol. The molecule has 0 atom stereocenters. The van der Waals surface area contributed by atoms with Gasteiger partial charge in [-0.15, -0.1) is 0 Å². The Morgan fingerprint density at radius 2 is 2.23 bits per heavy atom. The molecule has 0 spiro atoms. The number of aromatic nitrogens is 1. The zero-order valence-electron chi connectivity index (χ0n) is 7.86. The lowest BCUT2D eigenvalue weighted by molar-refractivity contribution is 0.145. The molecule has 1 aliphatic heterocycles. The van der Waals surface area contributed by atoms with Gasteiger partial charge in [-0.25, -0.2) is 0 Å². The summed E-state index contributed by atoms with van der Waals surface area (Å²) in [6, 6.07) is 1.80. The number of hydrogen-bond donors (Lipinski definition) is 0. The van der Waals surface area contributed by atoms with Crippen molar-refractivity contribution in [3.63, 3.8) is 0 Å². The van der Waals surface area contributed by atoms with Crippen molar-refractivity contribution in [2.24, 2.45) is 0 Å². The van der Waals surface area contributed by atoms with Crippen LogP contribution in [0.5, 0.6) is 0 Å². The topological polar surface area (TPSA) is 32.5 Å². The van der Waals surface area contributed by atoms with E-state index < -0.39 is 0 Å². The number of rotatable bonds is 2. The van der Waals surface area contributed by atoms with E-state index in [2.05, 4.69) is 32.8 Å². The van der Waals surface area contributed by atoms with Gasteiger partial charge in [0.2, 0.25) is 6.26 Å². The number of hydrogen-bond acceptors (Lipinski definition) is 4. The molecule has 2 heterocycles. The van der Waals surface area contributed by atoms with Crippen LogP contribution in [-0.4, -0.2) is 48.2 Å². The standard InChI is InChI=1S/C9H14N3O/c1-11-3-5-12(6-4-11)8-9-2-7-13-10-9/h2H,3-6,8H2,1H3. The molecule has 1 saturated heterocycles. The second kappa shape index (κ2) is 3.89. The Balaban J connectivity index is 1.83. The lowest BCUT2D eigenvalue weighted by Gasteiger charge is -2.31. The molecule has 13 heavy (non-hydrogen) atoms. The van der Waals surface area contributed by atoms with Crippen molar-refractivity contribution in [3.05, 3.63) is 18.0 Å². The summed E-state index contributed by atoms with van der Waals surface area (Å²) in [6.45, 7) is 5.40. The fourth-order valence-electron chi connectivity index (χ4n) is 1.52. The third-order valence-corrected chi connectivity index (χ3v) is 2.42. The van der Waals surface area contributed by atoms with E-state index in [1.165, 1.54) is 0 Å². The normalized spacial score (nSPS) is 20.7. The van der Waals surface area contributed by atoms with E-state index >= 15 is 0 Å². The van der Waals surface area contributed by atoms with E-state index in [0.29, 0.717) is 0 Å². The number of likely N-dealkylation sites (N-methyl/N-ethyl adjacent to an activating group) is 1. The van der Waals surface area contributed by atoms with Gasteiger partial charge in [0.1, 0.15) is 0 Å². The second-order valence-corrected chi connectivity index (χ2v) is 3.52. The van der Waals surface area contributed by atoms with Crippen molar-refractivity contribution >= 4 is 0 Å². The minimum Gasteiger partial charge on any atom is -0.353 e. The quantitative estimate of drug-likeness (QED) is 0.652. The maximum atomic E-state index is 4.67. The van der Waals surface area contributed by atoms with Gasteiger partial charge in [0, 0.05) is 38.8 Å². The highest BCUT2D eigenvalue weighted by atomic mass is 16.5. The Labute approximate surface area is 78.1 Å². The van der Waals surface area contributed by atoms with Crippen LogP contribution in [0.3, 0.4) is 0 Å². The average Bonchev–Trinajstić information content (AvgIpc) is 2.62. The molecule has 0 unspecified atom stereocenters. The third-order valence-electron chi connectivity index (χ3n) is 2.42. The smallest absolute Gasteiger partial charge is 0.205 e. The molecule has 0 amide bonds. The lowest BCUT2D eigenvalue weighted by atomic mass is 10.3. The fourth-order valence-corrected chi connectivity index (χ4v) is 1.52. The SMILES string of the molecule is CN1CCN(Cc2c[c]on2)CC1. The van der Waals surface area contributed by atoms with Crippen molar-refractivity contribution in [2.45, 2.75) is 6.54 Å². The highest BCUT2D eigenvalue weighted by Gasteiger charge is 2.14. The van der Waals surface area contributed by atoms with Gasteiger partial charge < -0.3 is 9.42 Å². The summed E-state index contributed by atoms with van der Waals surface area (Å²) in [5.74, 6) is 0. The Hall–Kier alpha value is -0.870. The van der Waals surface area contributed by atoms with E-state index in [9.17, 15) is 0 Å². The number of nitrogens with zero attached hydrogens (tertiary/aromatic N) is 3. The van der Waals surface area contributed by atoms with Crippen molar-refractivity contribution in [2.75, 3.05) is 33.2 Å². The zero-order valence-corrected chi connectivity index (χ0v) is 7.86. The molecule has 1 aliphatic rings. The lowest BCUT2D eigenvalue weighted by Crippen LogP contribution is -2.43. The molecule has 2 rings (SSSR count). The third kappa shape index (κ3) is 2.29. The molecule has 1 fully saturated rings. The van der Waals surface area contributed by atoms with E-state index in [4.69, 9.17) is 0 Å². The van der Waals surface area contributed by atoms with E-state index in [1.54, 1.807) is 6.07 Å². The summed E-state index contributed by atoms with van der Waals surface area (Å²) in [7, 11) is 2.15. The Kier molecular flexibility index (Phi) is 2.61. The van der Waals surface area contributed by atoms with Crippen LogP contribution < -0.4 is 0 Å². The summed E-state index contributed by atoms with van der Waals surface area (Å²) < 4.78 is 4.67. The first-order valence-corrected chi connectivity index (χ1v) is 4.57. The predicted molar refractivity (Wildman–Crippen MR) is 48.1 cm³/mol. The predicted octanol–water partition coefficient (Wildman–Crippen LogP) is 0.222. The molecule has 1 radical (unpaired) electrons. The fraction of sp³-hybridized carbons (Fsp3) is 0.667. The highest BCUT2D eigenvalue weighted by molar-refractivity contribution is 4.94. The van der Waals surface area contributed by atoms with Crippen molar-refractivity contribution in [1.29, 1.82) is 0 Å². The molecule has 0 aliphatic carbocycles. The van der Waals surface area contributed by atoms with Crippen LogP contribution in [-0.2, 0) is 6.54 Å². The first-order valence-electron chi connectivity index (χ1n) is 4.57. The molecule has 1 aromatic rings. The second-order valence-electron chi connectivity index (χ2n) is 3.52. The molecule has 4 heteroatoms. The van der Waals surface area contributed by atoms with Crippen molar-refractivity contribution in [3.8, 4) is 0 Å². The minimum atomic E-state index is 0.890.